The second-order valence-electron chi connectivity index (χ2n) is 2.97. The molecule has 1 aromatic heterocycles. The third-order valence-corrected chi connectivity index (χ3v) is 2.44. The summed E-state index contributed by atoms with van der Waals surface area (Å²) in [6.07, 6.45) is 0. The fourth-order valence-corrected chi connectivity index (χ4v) is 1.57. The number of methoxy groups -OCH3 is 2. The van der Waals surface area contributed by atoms with E-state index in [-0.39, 0.29) is 0 Å². The van der Waals surface area contributed by atoms with E-state index >= 15 is 0 Å². The van der Waals surface area contributed by atoms with Crippen molar-refractivity contribution in [2.24, 2.45) is 0 Å². The van der Waals surface area contributed by atoms with Gasteiger partial charge in [0.05, 0.1) is 14.2 Å². The van der Waals surface area contributed by atoms with Gasteiger partial charge in [-0.3, -0.25) is 0 Å². The van der Waals surface area contributed by atoms with Gasteiger partial charge in [-0.25, -0.2) is 0 Å². The summed E-state index contributed by atoms with van der Waals surface area (Å²) in [5.41, 5.74) is 0.770. The summed E-state index contributed by atoms with van der Waals surface area (Å²) in [5.74, 6) is 1.81. The van der Waals surface area contributed by atoms with Gasteiger partial charge in [0, 0.05) is 34.2 Å². The quantitative estimate of drug-likeness (QED) is 0.808. The van der Waals surface area contributed by atoms with Crippen molar-refractivity contribution < 1.29 is 14.0 Å². The third-order valence-electron chi connectivity index (χ3n) is 2.00. The maximum absolute atomic E-state index is 5.15. The molecule has 6 heteroatoms. The molecule has 1 heterocycles. The van der Waals surface area contributed by atoms with Crippen molar-refractivity contribution in [3.63, 3.8) is 0 Å². The van der Waals surface area contributed by atoms with Crippen molar-refractivity contribution in [3.05, 3.63) is 22.0 Å². The maximum Gasteiger partial charge on any atom is 0.258 e. The van der Waals surface area contributed by atoms with Crippen LogP contribution in [0.5, 0.6) is 11.5 Å². The molecule has 0 fully saturated rings. The molecule has 16 heavy (non-hydrogen) atoms. The Morgan fingerprint density at radius 3 is 2.19 bits per heavy atom. The number of ether oxygens (including phenoxy) is 2. The maximum atomic E-state index is 5.15. The number of hydrogen-bond donors (Lipinski definition) is 0. The molecular formula is C10H9IN2O3. The summed E-state index contributed by atoms with van der Waals surface area (Å²) in [6.45, 7) is 0. The second kappa shape index (κ2) is 4.69. The van der Waals surface area contributed by atoms with Crippen molar-refractivity contribution in [2.45, 2.75) is 0 Å². The van der Waals surface area contributed by atoms with Crippen LogP contribution in [0.2, 0.25) is 0 Å². The Bertz CT molecular complexity index is 476. The minimum atomic E-state index is 0.446. The first-order valence-electron chi connectivity index (χ1n) is 4.45. The van der Waals surface area contributed by atoms with Gasteiger partial charge in [0.15, 0.2) is 0 Å². The second-order valence-corrected chi connectivity index (χ2v) is 3.93. The van der Waals surface area contributed by atoms with Crippen LogP contribution in [0, 0.1) is 3.83 Å². The van der Waals surface area contributed by atoms with E-state index in [9.17, 15) is 0 Å². The molecule has 0 N–H and O–H groups in total. The van der Waals surface area contributed by atoms with Crippen LogP contribution in [0.15, 0.2) is 22.7 Å². The number of halogens is 1. The van der Waals surface area contributed by atoms with Crippen LogP contribution in [0.25, 0.3) is 11.5 Å². The van der Waals surface area contributed by atoms with Crippen molar-refractivity contribution in [3.8, 4) is 23.0 Å². The first kappa shape index (κ1) is 11.2. The highest BCUT2D eigenvalue weighted by molar-refractivity contribution is 14.1. The molecule has 1 aromatic carbocycles. The summed E-state index contributed by atoms with van der Waals surface area (Å²) in [4.78, 5) is 4.13. The lowest BCUT2D eigenvalue weighted by atomic mass is 10.2. The molecule has 0 unspecified atom stereocenters. The van der Waals surface area contributed by atoms with Gasteiger partial charge in [-0.15, -0.1) is 0 Å². The van der Waals surface area contributed by atoms with Gasteiger partial charge in [0.25, 0.3) is 5.89 Å². The van der Waals surface area contributed by atoms with Crippen LogP contribution < -0.4 is 9.47 Å². The summed E-state index contributed by atoms with van der Waals surface area (Å²) < 4.78 is 15.9. The number of rotatable bonds is 3. The van der Waals surface area contributed by atoms with Gasteiger partial charge in [0.2, 0.25) is 3.83 Å². The fourth-order valence-electron chi connectivity index (χ4n) is 1.25. The van der Waals surface area contributed by atoms with E-state index in [1.165, 1.54) is 0 Å². The minimum absolute atomic E-state index is 0.446. The van der Waals surface area contributed by atoms with Crippen molar-refractivity contribution in [2.75, 3.05) is 14.2 Å². The lowest BCUT2D eigenvalue weighted by Crippen LogP contribution is -1.88. The summed E-state index contributed by atoms with van der Waals surface area (Å²) in [6, 6.07) is 5.41. The van der Waals surface area contributed by atoms with Crippen LogP contribution >= 0.6 is 22.6 Å². The molecule has 2 rings (SSSR count). The first-order chi connectivity index (χ1) is 7.72. The van der Waals surface area contributed by atoms with Gasteiger partial charge < -0.3 is 14.0 Å². The minimum Gasteiger partial charge on any atom is -0.497 e. The average molecular weight is 332 g/mol. The molecular weight excluding hydrogens is 323 g/mol. The van der Waals surface area contributed by atoms with Crippen molar-refractivity contribution in [1.82, 2.24) is 10.1 Å². The molecule has 84 valence electrons. The van der Waals surface area contributed by atoms with Crippen LogP contribution in [-0.2, 0) is 0 Å². The molecule has 0 aliphatic rings. The lowest BCUT2D eigenvalue weighted by molar-refractivity contribution is 0.393. The van der Waals surface area contributed by atoms with Crippen LogP contribution in [0.4, 0.5) is 0 Å². The predicted octanol–water partition coefficient (Wildman–Crippen LogP) is 2.36. The molecule has 0 aliphatic carbocycles. The van der Waals surface area contributed by atoms with E-state index < -0.39 is 0 Å². The van der Waals surface area contributed by atoms with Gasteiger partial charge in [-0.2, -0.15) is 4.98 Å². The van der Waals surface area contributed by atoms with Crippen LogP contribution in [0.3, 0.4) is 0 Å². The Balaban J connectivity index is 2.47. The molecule has 0 aliphatic heterocycles. The molecule has 0 saturated heterocycles. The number of benzene rings is 1. The van der Waals surface area contributed by atoms with E-state index in [1.807, 2.05) is 34.7 Å². The van der Waals surface area contributed by atoms with Crippen LogP contribution in [-0.4, -0.2) is 24.4 Å². The van der Waals surface area contributed by atoms with E-state index in [2.05, 4.69) is 10.1 Å². The third kappa shape index (κ3) is 2.26. The van der Waals surface area contributed by atoms with E-state index in [0.29, 0.717) is 21.2 Å². The Labute approximate surface area is 106 Å². The van der Waals surface area contributed by atoms with Gasteiger partial charge >= 0.3 is 0 Å². The molecule has 0 spiro atoms. The van der Waals surface area contributed by atoms with E-state index in [4.69, 9.17) is 14.0 Å². The average Bonchev–Trinajstić information content (AvgIpc) is 2.75. The van der Waals surface area contributed by atoms with E-state index in [0.717, 1.165) is 5.56 Å². The Hall–Kier alpha value is -1.31. The van der Waals surface area contributed by atoms with E-state index in [1.54, 1.807) is 20.3 Å². The highest BCUT2D eigenvalue weighted by Gasteiger charge is 2.10. The zero-order valence-corrected chi connectivity index (χ0v) is 10.9. The first-order valence-corrected chi connectivity index (χ1v) is 5.53. The van der Waals surface area contributed by atoms with Gasteiger partial charge in [-0.1, -0.05) is 5.16 Å². The normalized spacial score (nSPS) is 10.2. The van der Waals surface area contributed by atoms with Gasteiger partial charge in [0.1, 0.15) is 11.5 Å². The van der Waals surface area contributed by atoms with Gasteiger partial charge in [-0.05, 0) is 12.1 Å². The van der Waals surface area contributed by atoms with Crippen molar-refractivity contribution in [1.29, 1.82) is 0 Å². The summed E-state index contributed by atoms with van der Waals surface area (Å²) in [7, 11) is 3.19. The fraction of sp³-hybridized carbons (Fsp3) is 0.200. The molecule has 0 amide bonds. The molecule has 0 atom stereocenters. The number of aromatic nitrogens is 2. The molecule has 0 bridgehead atoms. The highest BCUT2D eigenvalue weighted by Crippen LogP contribution is 2.28. The summed E-state index contributed by atoms with van der Waals surface area (Å²) >= 11 is 1.98. The topological polar surface area (TPSA) is 57.4 Å². The molecule has 2 aromatic rings. The monoisotopic (exact) mass is 332 g/mol. The van der Waals surface area contributed by atoms with Crippen molar-refractivity contribution >= 4 is 22.6 Å². The largest absolute Gasteiger partial charge is 0.497 e. The SMILES string of the molecule is COc1cc(OC)cc(-c2nc(I)no2)c1. The number of hydrogen-bond acceptors (Lipinski definition) is 5. The standard InChI is InChI=1S/C10H9IN2O3/c1-14-7-3-6(4-8(5-7)15-2)9-12-10(11)13-16-9/h3-5H,1-2H3. The zero-order chi connectivity index (χ0) is 11.5. The molecule has 5 nitrogen and oxygen atoms in total. The Kier molecular flexibility index (Phi) is 3.28. The Morgan fingerprint density at radius 1 is 1.12 bits per heavy atom. The zero-order valence-electron chi connectivity index (χ0n) is 8.73. The Morgan fingerprint density at radius 2 is 1.75 bits per heavy atom. The molecule has 0 radical (unpaired) electrons. The molecule has 0 saturated carbocycles. The predicted molar refractivity (Wildman–Crippen MR) is 65.6 cm³/mol. The lowest BCUT2D eigenvalue weighted by Gasteiger charge is -2.05. The smallest absolute Gasteiger partial charge is 0.258 e. The summed E-state index contributed by atoms with van der Waals surface area (Å²) in [5, 5.41) is 3.72. The number of nitrogens with zero attached hydrogens (tertiary/aromatic N) is 2. The highest BCUT2D eigenvalue weighted by atomic mass is 127. The van der Waals surface area contributed by atoms with Crippen LogP contribution in [0.1, 0.15) is 0 Å².